The molecule has 0 saturated heterocycles. The van der Waals surface area contributed by atoms with Crippen molar-refractivity contribution in [3.05, 3.63) is 35.4 Å². The monoisotopic (exact) mass is 207 g/mol. The quantitative estimate of drug-likeness (QED) is 0.821. The largest absolute Gasteiger partial charge is 0.481 e. The molecule has 0 amide bonds. The average Bonchev–Trinajstić information content (AvgIpc) is 2.15. The maximum absolute atomic E-state index is 10.8. The molecule has 1 rings (SSSR count). The van der Waals surface area contributed by atoms with Crippen LogP contribution in [-0.4, -0.2) is 30.1 Å². The van der Waals surface area contributed by atoms with Crippen molar-refractivity contribution in [2.45, 2.75) is 19.4 Å². The Morgan fingerprint density at radius 1 is 1.40 bits per heavy atom. The van der Waals surface area contributed by atoms with Gasteiger partial charge in [-0.2, -0.15) is 0 Å². The molecule has 3 heteroatoms. The van der Waals surface area contributed by atoms with Crippen LogP contribution in [0, 0.1) is 6.92 Å². The molecule has 1 unspecified atom stereocenters. The molecule has 1 aromatic carbocycles. The molecule has 0 fully saturated rings. The Hall–Kier alpha value is -1.35. The van der Waals surface area contributed by atoms with Gasteiger partial charge < -0.3 is 10.0 Å². The lowest BCUT2D eigenvalue weighted by atomic mass is 9.98. The molecule has 0 aromatic heterocycles. The SMILES string of the molecule is Cc1ccccc1C(CC(=O)O)N(C)C. The van der Waals surface area contributed by atoms with Gasteiger partial charge in [-0.1, -0.05) is 24.3 Å². The second kappa shape index (κ2) is 4.94. The summed E-state index contributed by atoms with van der Waals surface area (Å²) in [6.45, 7) is 2.01. The van der Waals surface area contributed by atoms with Gasteiger partial charge in [0, 0.05) is 6.04 Å². The van der Waals surface area contributed by atoms with Crippen LogP contribution in [-0.2, 0) is 4.79 Å². The fourth-order valence-corrected chi connectivity index (χ4v) is 1.70. The standard InChI is InChI=1S/C12H17NO2/c1-9-6-4-5-7-10(9)11(13(2)3)8-12(14)15/h4-7,11H,8H2,1-3H3,(H,14,15). The average molecular weight is 207 g/mol. The molecule has 0 radical (unpaired) electrons. The summed E-state index contributed by atoms with van der Waals surface area (Å²) in [5.74, 6) is -0.767. The molecule has 0 heterocycles. The van der Waals surface area contributed by atoms with Gasteiger partial charge >= 0.3 is 5.97 Å². The highest BCUT2D eigenvalue weighted by molar-refractivity contribution is 5.68. The van der Waals surface area contributed by atoms with E-state index < -0.39 is 5.97 Å². The van der Waals surface area contributed by atoms with E-state index in [1.54, 1.807) is 0 Å². The molecule has 0 spiro atoms. The van der Waals surface area contributed by atoms with Gasteiger partial charge in [-0.3, -0.25) is 4.79 Å². The number of aryl methyl sites for hydroxylation is 1. The number of hydrogen-bond acceptors (Lipinski definition) is 2. The summed E-state index contributed by atoms with van der Waals surface area (Å²) >= 11 is 0. The summed E-state index contributed by atoms with van der Waals surface area (Å²) in [7, 11) is 3.81. The van der Waals surface area contributed by atoms with E-state index in [4.69, 9.17) is 5.11 Å². The molecule has 0 bridgehead atoms. The van der Waals surface area contributed by atoms with E-state index in [0.29, 0.717) is 0 Å². The van der Waals surface area contributed by atoms with Gasteiger partial charge in [0.1, 0.15) is 0 Å². The Morgan fingerprint density at radius 3 is 2.47 bits per heavy atom. The molecule has 0 aliphatic carbocycles. The fraction of sp³-hybridized carbons (Fsp3) is 0.417. The van der Waals surface area contributed by atoms with Crippen molar-refractivity contribution in [3.63, 3.8) is 0 Å². The second-order valence-electron chi connectivity index (χ2n) is 3.93. The van der Waals surface area contributed by atoms with E-state index in [9.17, 15) is 4.79 Å². The van der Waals surface area contributed by atoms with Crippen molar-refractivity contribution in [2.75, 3.05) is 14.1 Å². The van der Waals surface area contributed by atoms with Crippen LogP contribution in [0.25, 0.3) is 0 Å². The summed E-state index contributed by atoms with van der Waals surface area (Å²) in [6, 6.07) is 7.85. The lowest BCUT2D eigenvalue weighted by molar-refractivity contribution is -0.138. The van der Waals surface area contributed by atoms with E-state index in [1.165, 1.54) is 0 Å². The maximum atomic E-state index is 10.8. The molecule has 15 heavy (non-hydrogen) atoms. The van der Waals surface area contributed by atoms with Crippen LogP contribution >= 0.6 is 0 Å². The van der Waals surface area contributed by atoms with Crippen molar-refractivity contribution in [1.29, 1.82) is 0 Å². The Bertz CT molecular complexity index is 347. The number of carboxylic acid groups (broad SMARTS) is 1. The third-order valence-electron chi connectivity index (χ3n) is 2.54. The van der Waals surface area contributed by atoms with Gasteiger partial charge in [0.05, 0.1) is 6.42 Å². The van der Waals surface area contributed by atoms with Crippen molar-refractivity contribution in [1.82, 2.24) is 4.90 Å². The van der Waals surface area contributed by atoms with Gasteiger partial charge in [0.25, 0.3) is 0 Å². The third-order valence-corrected chi connectivity index (χ3v) is 2.54. The first-order chi connectivity index (χ1) is 7.02. The minimum atomic E-state index is -0.767. The predicted octanol–water partition coefficient (Wildman–Crippen LogP) is 2.07. The second-order valence-corrected chi connectivity index (χ2v) is 3.93. The predicted molar refractivity (Wildman–Crippen MR) is 59.9 cm³/mol. The van der Waals surface area contributed by atoms with Crippen LogP contribution in [0.1, 0.15) is 23.6 Å². The van der Waals surface area contributed by atoms with Crippen LogP contribution in [0.4, 0.5) is 0 Å². The highest BCUT2D eigenvalue weighted by atomic mass is 16.4. The van der Waals surface area contributed by atoms with Crippen molar-refractivity contribution in [2.24, 2.45) is 0 Å². The molecule has 82 valence electrons. The van der Waals surface area contributed by atoms with E-state index in [0.717, 1.165) is 11.1 Å². The molecule has 1 N–H and O–H groups in total. The molecule has 1 atom stereocenters. The summed E-state index contributed by atoms with van der Waals surface area (Å²) in [4.78, 5) is 12.7. The smallest absolute Gasteiger partial charge is 0.305 e. The highest BCUT2D eigenvalue weighted by Crippen LogP contribution is 2.24. The lowest BCUT2D eigenvalue weighted by Crippen LogP contribution is -2.23. The van der Waals surface area contributed by atoms with E-state index in [2.05, 4.69) is 0 Å². The minimum absolute atomic E-state index is 0.0521. The molecule has 0 aliphatic rings. The zero-order valence-corrected chi connectivity index (χ0v) is 9.40. The molecular formula is C12H17NO2. The lowest BCUT2D eigenvalue weighted by Gasteiger charge is -2.24. The van der Waals surface area contributed by atoms with Crippen molar-refractivity contribution < 1.29 is 9.90 Å². The number of carbonyl (C=O) groups is 1. The molecule has 1 aromatic rings. The normalized spacial score (nSPS) is 12.8. The fourth-order valence-electron chi connectivity index (χ4n) is 1.70. The van der Waals surface area contributed by atoms with E-state index >= 15 is 0 Å². The van der Waals surface area contributed by atoms with Gasteiger partial charge in [-0.05, 0) is 32.1 Å². The molecule has 3 nitrogen and oxygen atoms in total. The number of benzene rings is 1. The summed E-state index contributed by atoms with van der Waals surface area (Å²) < 4.78 is 0. The zero-order valence-electron chi connectivity index (χ0n) is 9.40. The summed E-state index contributed by atoms with van der Waals surface area (Å²) in [6.07, 6.45) is 0.137. The van der Waals surface area contributed by atoms with E-state index in [1.807, 2.05) is 50.2 Å². The first kappa shape index (κ1) is 11.7. The van der Waals surface area contributed by atoms with E-state index in [-0.39, 0.29) is 12.5 Å². The van der Waals surface area contributed by atoms with Crippen LogP contribution in [0.5, 0.6) is 0 Å². The molecular weight excluding hydrogens is 190 g/mol. The zero-order chi connectivity index (χ0) is 11.4. The minimum Gasteiger partial charge on any atom is -0.481 e. The Kier molecular flexibility index (Phi) is 3.86. The number of aliphatic carboxylic acids is 1. The Labute approximate surface area is 90.3 Å². The first-order valence-corrected chi connectivity index (χ1v) is 4.96. The number of carboxylic acids is 1. The summed E-state index contributed by atoms with van der Waals surface area (Å²) in [5, 5.41) is 8.86. The molecule has 0 aliphatic heterocycles. The summed E-state index contributed by atoms with van der Waals surface area (Å²) in [5.41, 5.74) is 2.22. The van der Waals surface area contributed by atoms with Crippen molar-refractivity contribution in [3.8, 4) is 0 Å². The first-order valence-electron chi connectivity index (χ1n) is 4.96. The number of nitrogens with zero attached hydrogens (tertiary/aromatic N) is 1. The van der Waals surface area contributed by atoms with Gasteiger partial charge in [0.2, 0.25) is 0 Å². The number of rotatable bonds is 4. The van der Waals surface area contributed by atoms with Gasteiger partial charge in [0.15, 0.2) is 0 Å². The van der Waals surface area contributed by atoms with Gasteiger partial charge in [-0.15, -0.1) is 0 Å². The van der Waals surface area contributed by atoms with Crippen LogP contribution in [0.2, 0.25) is 0 Å². The number of hydrogen-bond donors (Lipinski definition) is 1. The third kappa shape index (κ3) is 3.06. The van der Waals surface area contributed by atoms with Crippen LogP contribution in [0.15, 0.2) is 24.3 Å². The van der Waals surface area contributed by atoms with Crippen molar-refractivity contribution >= 4 is 5.97 Å². The maximum Gasteiger partial charge on any atom is 0.305 e. The highest BCUT2D eigenvalue weighted by Gasteiger charge is 2.18. The topological polar surface area (TPSA) is 40.5 Å². The van der Waals surface area contributed by atoms with Crippen LogP contribution in [0.3, 0.4) is 0 Å². The Morgan fingerprint density at radius 2 is 2.00 bits per heavy atom. The molecule has 0 saturated carbocycles. The van der Waals surface area contributed by atoms with Gasteiger partial charge in [-0.25, -0.2) is 0 Å². The van der Waals surface area contributed by atoms with Crippen LogP contribution < -0.4 is 0 Å². The Balaban J connectivity index is 2.99.